The van der Waals surface area contributed by atoms with Gasteiger partial charge in [0.2, 0.25) is 0 Å². The number of rotatable bonds is 4. The van der Waals surface area contributed by atoms with E-state index in [1.54, 1.807) is 6.07 Å². The van der Waals surface area contributed by atoms with E-state index in [-0.39, 0.29) is 34.0 Å². The van der Waals surface area contributed by atoms with Gasteiger partial charge in [-0.15, -0.1) is 4.80 Å². The summed E-state index contributed by atoms with van der Waals surface area (Å²) in [5, 5.41) is 11.2. The topological polar surface area (TPSA) is 88.8 Å². The largest absolute Gasteiger partial charge is 0.331 e. The fraction of sp³-hybridized carbons (Fsp3) is 0.174. The quantitative estimate of drug-likeness (QED) is 0.466. The van der Waals surface area contributed by atoms with Crippen LogP contribution in [-0.4, -0.2) is 49.9 Å². The first-order valence-corrected chi connectivity index (χ1v) is 10.5. The van der Waals surface area contributed by atoms with Crippen LogP contribution < -0.4 is 10.2 Å². The first-order valence-electron chi connectivity index (χ1n) is 10.5. The Morgan fingerprint density at radius 2 is 1.79 bits per heavy atom. The van der Waals surface area contributed by atoms with Crippen LogP contribution in [0.25, 0.3) is 16.7 Å². The van der Waals surface area contributed by atoms with Crippen molar-refractivity contribution in [2.24, 2.45) is 5.92 Å². The molecule has 2 aliphatic heterocycles. The van der Waals surface area contributed by atoms with E-state index < -0.39 is 23.5 Å². The third-order valence-corrected chi connectivity index (χ3v) is 6.09. The summed E-state index contributed by atoms with van der Waals surface area (Å²) in [6.07, 6.45) is 6.11. The van der Waals surface area contributed by atoms with Gasteiger partial charge in [-0.3, -0.25) is 9.78 Å². The normalized spacial score (nSPS) is 19.5. The Bertz CT molecular complexity index is 1470. The van der Waals surface area contributed by atoms with E-state index in [0.717, 1.165) is 22.5 Å². The molecule has 11 heteroatoms. The van der Waals surface area contributed by atoms with Crippen molar-refractivity contribution in [3.05, 3.63) is 83.7 Å². The zero-order valence-electron chi connectivity index (χ0n) is 17.5. The predicted molar refractivity (Wildman–Crippen MR) is 116 cm³/mol. The van der Waals surface area contributed by atoms with E-state index in [2.05, 4.69) is 25.5 Å². The van der Waals surface area contributed by atoms with Gasteiger partial charge in [0, 0.05) is 37.3 Å². The van der Waals surface area contributed by atoms with Gasteiger partial charge in [0.05, 0.1) is 41.2 Å². The molecule has 170 valence electrons. The number of nitrogens with one attached hydrogen (secondary N) is 1. The lowest BCUT2D eigenvalue weighted by molar-refractivity contribution is 0.0965. The number of fused-ring (bicyclic) bond motifs is 2. The highest BCUT2D eigenvalue weighted by molar-refractivity contribution is 6.05. The summed E-state index contributed by atoms with van der Waals surface area (Å²) >= 11 is 0. The first-order chi connectivity index (χ1) is 16.5. The van der Waals surface area contributed by atoms with Crippen LogP contribution in [0.15, 0.2) is 60.7 Å². The second-order valence-electron chi connectivity index (χ2n) is 8.12. The fourth-order valence-electron chi connectivity index (χ4n) is 4.50. The van der Waals surface area contributed by atoms with Crippen LogP contribution in [0.5, 0.6) is 0 Å². The molecule has 1 fully saturated rings. The van der Waals surface area contributed by atoms with Gasteiger partial charge in [-0.25, -0.2) is 18.2 Å². The highest BCUT2D eigenvalue weighted by Crippen LogP contribution is 2.34. The Hall–Kier alpha value is -4.12. The smallest absolute Gasteiger partial charge is 0.186 e. The molecule has 0 spiro atoms. The molecule has 1 saturated heterocycles. The van der Waals surface area contributed by atoms with Crippen molar-refractivity contribution in [3.63, 3.8) is 0 Å². The Morgan fingerprint density at radius 3 is 2.59 bits per heavy atom. The fourth-order valence-corrected chi connectivity index (χ4v) is 4.50. The summed E-state index contributed by atoms with van der Waals surface area (Å²) in [4.78, 5) is 25.0. The minimum absolute atomic E-state index is 0.00661. The Morgan fingerprint density at radius 1 is 1.03 bits per heavy atom. The second kappa shape index (κ2) is 7.73. The van der Waals surface area contributed by atoms with Crippen molar-refractivity contribution in [3.8, 4) is 5.69 Å². The summed E-state index contributed by atoms with van der Waals surface area (Å²) in [6.45, 7) is 1.08. The maximum Gasteiger partial charge on any atom is 0.186 e. The standard InChI is InChI=1S/C23H16F3N7O/c24-15-3-1-2-13(22(15)33-29-4-5-30-33)23(34)21-14-11-32(10-12(14)8-28-21)20-9-27-18-6-16(25)17(26)7-19(18)31-20/h1-7,9,11-12,21,28H,8,10H2. The summed E-state index contributed by atoms with van der Waals surface area (Å²) in [5.41, 5.74) is 1.47. The van der Waals surface area contributed by atoms with Crippen molar-refractivity contribution in [1.82, 2.24) is 30.3 Å². The number of carbonyl (C=O) groups is 1. The molecule has 0 bridgehead atoms. The van der Waals surface area contributed by atoms with Gasteiger partial charge in [0.1, 0.15) is 5.69 Å². The molecule has 0 radical (unpaired) electrons. The molecular weight excluding hydrogens is 447 g/mol. The van der Waals surface area contributed by atoms with Crippen molar-refractivity contribution >= 4 is 22.6 Å². The highest BCUT2D eigenvalue weighted by atomic mass is 19.2. The van der Waals surface area contributed by atoms with Crippen LogP contribution in [0.1, 0.15) is 10.4 Å². The number of hydrogen-bond donors (Lipinski definition) is 1. The van der Waals surface area contributed by atoms with Gasteiger partial charge in [-0.2, -0.15) is 10.2 Å². The number of benzene rings is 2. The van der Waals surface area contributed by atoms with Crippen molar-refractivity contribution < 1.29 is 18.0 Å². The van der Waals surface area contributed by atoms with Gasteiger partial charge in [-0.1, -0.05) is 6.07 Å². The average molecular weight is 463 g/mol. The van der Waals surface area contributed by atoms with Gasteiger partial charge in [-0.05, 0) is 17.7 Å². The van der Waals surface area contributed by atoms with Crippen LogP contribution in [0.3, 0.4) is 0 Å². The zero-order valence-corrected chi connectivity index (χ0v) is 17.5. The van der Waals surface area contributed by atoms with Crippen LogP contribution in [0.2, 0.25) is 0 Å². The van der Waals surface area contributed by atoms with E-state index in [1.807, 2.05) is 11.1 Å². The predicted octanol–water partition coefficient (Wildman–Crippen LogP) is 2.80. The molecule has 1 N–H and O–H groups in total. The number of hydrogen-bond acceptors (Lipinski definition) is 7. The van der Waals surface area contributed by atoms with E-state index in [4.69, 9.17) is 0 Å². The SMILES string of the molecule is O=C(c1cccc(F)c1-n1nccn1)C1NCC2CN(c3cnc4cc(F)c(F)cc4n3)C=C21. The molecule has 34 heavy (non-hydrogen) atoms. The van der Waals surface area contributed by atoms with Crippen LogP contribution in [0.4, 0.5) is 19.0 Å². The summed E-state index contributed by atoms with van der Waals surface area (Å²) < 4.78 is 41.8. The highest BCUT2D eigenvalue weighted by Gasteiger charge is 2.41. The molecule has 2 aromatic heterocycles. The van der Waals surface area contributed by atoms with Crippen LogP contribution >= 0.6 is 0 Å². The average Bonchev–Trinajstić information content (AvgIpc) is 3.57. The molecule has 4 heterocycles. The van der Waals surface area contributed by atoms with Gasteiger partial charge >= 0.3 is 0 Å². The number of nitrogens with zero attached hydrogens (tertiary/aromatic N) is 6. The number of carbonyl (C=O) groups excluding carboxylic acids is 1. The molecule has 0 aliphatic carbocycles. The minimum Gasteiger partial charge on any atom is -0.331 e. The number of ketones is 1. The van der Waals surface area contributed by atoms with Crippen molar-refractivity contribution in [1.29, 1.82) is 0 Å². The van der Waals surface area contributed by atoms with E-state index >= 15 is 0 Å². The molecule has 6 rings (SSSR count). The zero-order chi connectivity index (χ0) is 23.4. The number of halogens is 3. The lowest BCUT2D eigenvalue weighted by Crippen LogP contribution is -2.34. The number of Topliss-reactive ketones (excluding diaryl/α,β-unsaturated/α-hetero) is 1. The van der Waals surface area contributed by atoms with Crippen molar-refractivity contribution in [2.75, 3.05) is 18.0 Å². The van der Waals surface area contributed by atoms with E-state index in [0.29, 0.717) is 18.9 Å². The number of para-hydroxylation sites is 1. The number of anilines is 1. The maximum atomic E-state index is 14.6. The molecule has 2 aliphatic rings. The van der Waals surface area contributed by atoms with Gasteiger partial charge in [0.15, 0.2) is 29.1 Å². The Kier molecular flexibility index (Phi) is 4.66. The molecule has 2 aromatic carbocycles. The molecule has 0 amide bonds. The molecular formula is C23H16F3N7O. The monoisotopic (exact) mass is 463 g/mol. The second-order valence-corrected chi connectivity index (χ2v) is 8.12. The number of aromatic nitrogens is 5. The van der Waals surface area contributed by atoms with E-state index in [1.165, 1.54) is 30.7 Å². The molecule has 0 saturated carbocycles. The van der Waals surface area contributed by atoms with E-state index in [9.17, 15) is 18.0 Å². The minimum atomic E-state index is -0.997. The molecule has 8 nitrogen and oxygen atoms in total. The maximum absolute atomic E-state index is 14.6. The summed E-state index contributed by atoms with van der Waals surface area (Å²) in [5.74, 6) is -2.40. The third-order valence-electron chi connectivity index (χ3n) is 6.09. The van der Waals surface area contributed by atoms with Gasteiger partial charge < -0.3 is 10.2 Å². The Labute approximate surface area is 190 Å². The van der Waals surface area contributed by atoms with Crippen molar-refractivity contribution in [2.45, 2.75) is 6.04 Å². The van der Waals surface area contributed by atoms with Gasteiger partial charge in [0.25, 0.3) is 0 Å². The lowest BCUT2D eigenvalue weighted by Gasteiger charge is -2.17. The summed E-state index contributed by atoms with van der Waals surface area (Å²) in [7, 11) is 0. The third kappa shape index (κ3) is 3.24. The Balaban J connectivity index is 1.33. The van der Waals surface area contributed by atoms with Crippen LogP contribution in [-0.2, 0) is 0 Å². The molecule has 2 atom stereocenters. The molecule has 2 unspecified atom stereocenters. The first kappa shape index (κ1) is 20.5. The van der Waals surface area contributed by atoms with Crippen LogP contribution in [0, 0.1) is 23.4 Å². The lowest BCUT2D eigenvalue weighted by atomic mass is 9.94. The molecule has 4 aromatic rings. The summed E-state index contributed by atoms with van der Waals surface area (Å²) in [6, 6.07) is 5.63.